The molecule has 0 heterocycles. The lowest BCUT2D eigenvalue weighted by Gasteiger charge is -2.13. The van der Waals surface area contributed by atoms with Gasteiger partial charge in [0, 0.05) is 11.6 Å². The average Bonchev–Trinajstić information content (AvgIpc) is 2.29. The highest BCUT2D eigenvalue weighted by molar-refractivity contribution is 5.74. The molecule has 0 aromatic heterocycles. The van der Waals surface area contributed by atoms with Gasteiger partial charge in [0.25, 0.3) is 5.69 Å². The molecule has 98 valence electrons. The van der Waals surface area contributed by atoms with E-state index in [1.165, 1.54) is 12.1 Å². The number of rotatable bonds is 5. The third-order valence-corrected chi connectivity index (χ3v) is 3.03. The molecule has 7 nitrogen and oxygen atoms in total. The van der Waals surface area contributed by atoms with Gasteiger partial charge in [0.05, 0.1) is 9.85 Å². The normalized spacial score (nSPS) is 10.6. The first-order valence-electron chi connectivity index (χ1n) is 5.65. The Kier molecular flexibility index (Phi) is 4.19. The third-order valence-electron chi connectivity index (χ3n) is 3.03. The van der Waals surface area contributed by atoms with Gasteiger partial charge in [-0.2, -0.15) is 0 Å². The number of benzene rings is 1. The maximum Gasteiger partial charge on any atom is 0.302 e. The van der Waals surface area contributed by atoms with Crippen LogP contribution in [-0.2, 0) is 0 Å². The molecule has 0 bridgehead atoms. The number of hydrogen-bond donors (Lipinski definition) is 1. The molecule has 1 aromatic carbocycles. The van der Waals surface area contributed by atoms with E-state index < -0.39 is 15.5 Å². The van der Waals surface area contributed by atoms with E-state index >= 15 is 0 Å². The lowest BCUT2D eigenvalue weighted by molar-refractivity contribution is -0.392. The van der Waals surface area contributed by atoms with Crippen LogP contribution in [0.5, 0.6) is 0 Å². The van der Waals surface area contributed by atoms with Gasteiger partial charge in [-0.3, -0.25) is 20.2 Å². The number of nitro benzene ring substituents is 2. The fourth-order valence-corrected chi connectivity index (χ4v) is 2.04. The highest BCUT2D eigenvalue weighted by Gasteiger charge is 2.29. The smallest absolute Gasteiger partial charge is 0.302 e. The van der Waals surface area contributed by atoms with E-state index in [1.54, 1.807) is 0 Å². The maximum absolute atomic E-state index is 11.1. The summed E-state index contributed by atoms with van der Waals surface area (Å²) in [7, 11) is 0. The molecular formula is C11H15N3O4. The van der Waals surface area contributed by atoms with Crippen LogP contribution in [0.15, 0.2) is 12.1 Å². The van der Waals surface area contributed by atoms with Gasteiger partial charge in [0.1, 0.15) is 0 Å². The zero-order valence-electron chi connectivity index (χ0n) is 10.3. The molecule has 0 saturated carbocycles. The number of nitrogens with two attached hydrogens (primary N) is 1. The molecule has 0 radical (unpaired) electrons. The predicted molar refractivity (Wildman–Crippen MR) is 67.5 cm³/mol. The summed E-state index contributed by atoms with van der Waals surface area (Å²) in [6.07, 6.45) is 1.43. The molecule has 0 saturated heterocycles. The van der Waals surface area contributed by atoms with Gasteiger partial charge in [-0.15, -0.1) is 0 Å². The SMILES string of the molecule is CCC(CC)c1ccc([N+](=O)[O-])c(N)c1[N+](=O)[O-]. The number of anilines is 1. The fourth-order valence-electron chi connectivity index (χ4n) is 2.04. The van der Waals surface area contributed by atoms with Crippen molar-refractivity contribution in [3.05, 3.63) is 37.9 Å². The Bertz CT molecular complexity index is 483. The lowest BCUT2D eigenvalue weighted by atomic mass is 9.91. The largest absolute Gasteiger partial charge is 0.387 e. The third kappa shape index (κ3) is 2.39. The summed E-state index contributed by atoms with van der Waals surface area (Å²) in [5.41, 5.74) is 4.89. The summed E-state index contributed by atoms with van der Waals surface area (Å²) < 4.78 is 0. The number of nitrogens with zero attached hydrogens (tertiary/aromatic N) is 2. The minimum absolute atomic E-state index is 0.0199. The van der Waals surface area contributed by atoms with Gasteiger partial charge < -0.3 is 5.73 Å². The molecule has 7 heteroatoms. The second-order valence-electron chi connectivity index (χ2n) is 3.96. The number of nitrogen functional groups attached to an aromatic ring is 1. The molecule has 0 amide bonds. The van der Waals surface area contributed by atoms with Crippen LogP contribution in [0, 0.1) is 20.2 Å². The van der Waals surface area contributed by atoms with Gasteiger partial charge in [-0.05, 0) is 24.8 Å². The molecule has 2 N–H and O–H groups in total. The molecule has 0 aliphatic carbocycles. The summed E-state index contributed by atoms with van der Waals surface area (Å²) in [5.74, 6) is -0.0199. The molecule has 0 unspecified atom stereocenters. The van der Waals surface area contributed by atoms with Crippen molar-refractivity contribution in [1.82, 2.24) is 0 Å². The van der Waals surface area contributed by atoms with Crippen LogP contribution >= 0.6 is 0 Å². The van der Waals surface area contributed by atoms with Crippen LogP contribution in [0.4, 0.5) is 17.1 Å². The van der Waals surface area contributed by atoms with E-state index in [2.05, 4.69) is 0 Å². The van der Waals surface area contributed by atoms with E-state index in [4.69, 9.17) is 5.73 Å². The van der Waals surface area contributed by atoms with Gasteiger partial charge in [0.2, 0.25) is 0 Å². The van der Waals surface area contributed by atoms with Gasteiger partial charge >= 0.3 is 5.69 Å². The molecule has 0 spiro atoms. The second-order valence-corrected chi connectivity index (χ2v) is 3.96. The highest BCUT2D eigenvalue weighted by Crippen LogP contribution is 2.39. The highest BCUT2D eigenvalue weighted by atomic mass is 16.6. The van der Waals surface area contributed by atoms with E-state index in [1.807, 2.05) is 13.8 Å². The molecule has 0 aliphatic heterocycles. The Morgan fingerprint density at radius 1 is 1.17 bits per heavy atom. The van der Waals surface area contributed by atoms with Crippen LogP contribution in [0.25, 0.3) is 0 Å². The van der Waals surface area contributed by atoms with E-state index in [9.17, 15) is 20.2 Å². The minimum atomic E-state index is -0.709. The summed E-state index contributed by atoms with van der Waals surface area (Å²) >= 11 is 0. The summed E-state index contributed by atoms with van der Waals surface area (Å²) in [4.78, 5) is 20.4. The molecule has 1 aromatic rings. The first-order valence-corrected chi connectivity index (χ1v) is 5.65. The van der Waals surface area contributed by atoms with Gasteiger partial charge in [0.15, 0.2) is 5.69 Å². The first kappa shape index (κ1) is 13.9. The van der Waals surface area contributed by atoms with Crippen molar-refractivity contribution in [3.8, 4) is 0 Å². The van der Waals surface area contributed by atoms with E-state index in [0.717, 1.165) is 0 Å². The zero-order chi connectivity index (χ0) is 13.9. The van der Waals surface area contributed by atoms with Crippen LogP contribution in [0.3, 0.4) is 0 Å². The van der Waals surface area contributed by atoms with Crippen molar-refractivity contribution < 1.29 is 9.85 Å². The van der Waals surface area contributed by atoms with Crippen molar-refractivity contribution in [2.75, 3.05) is 5.73 Å². The molecule has 0 atom stereocenters. The Balaban J connectivity index is 3.50. The topological polar surface area (TPSA) is 112 Å². The van der Waals surface area contributed by atoms with Gasteiger partial charge in [-0.1, -0.05) is 13.8 Å². The van der Waals surface area contributed by atoms with Crippen molar-refractivity contribution in [1.29, 1.82) is 0 Å². The predicted octanol–water partition coefficient (Wildman–Crippen LogP) is 2.99. The van der Waals surface area contributed by atoms with Crippen LogP contribution in [-0.4, -0.2) is 9.85 Å². The number of hydrogen-bond acceptors (Lipinski definition) is 5. The van der Waals surface area contributed by atoms with Crippen LogP contribution in [0.2, 0.25) is 0 Å². The summed E-state index contributed by atoms with van der Waals surface area (Å²) in [5, 5.41) is 21.8. The molecule has 0 aliphatic rings. The Morgan fingerprint density at radius 2 is 1.72 bits per heavy atom. The van der Waals surface area contributed by atoms with Crippen LogP contribution < -0.4 is 5.73 Å². The quantitative estimate of drug-likeness (QED) is 0.492. The van der Waals surface area contributed by atoms with E-state index in [-0.39, 0.29) is 17.3 Å². The Morgan fingerprint density at radius 3 is 2.11 bits per heavy atom. The molecular weight excluding hydrogens is 238 g/mol. The Labute approximate surface area is 104 Å². The molecule has 18 heavy (non-hydrogen) atoms. The van der Waals surface area contributed by atoms with Crippen molar-refractivity contribution in [3.63, 3.8) is 0 Å². The fraction of sp³-hybridized carbons (Fsp3) is 0.455. The maximum atomic E-state index is 11.1. The van der Waals surface area contributed by atoms with Crippen molar-refractivity contribution >= 4 is 17.1 Å². The van der Waals surface area contributed by atoms with Crippen molar-refractivity contribution in [2.45, 2.75) is 32.6 Å². The standard InChI is InChI=1S/C11H15N3O4/c1-3-7(4-2)8-5-6-9(13(15)16)10(12)11(8)14(17)18/h5-7H,3-4,12H2,1-2H3. The lowest BCUT2D eigenvalue weighted by Crippen LogP contribution is -2.07. The summed E-state index contributed by atoms with van der Waals surface area (Å²) in [6.45, 7) is 3.82. The molecule has 1 rings (SSSR count). The van der Waals surface area contributed by atoms with Crippen molar-refractivity contribution in [2.24, 2.45) is 0 Å². The van der Waals surface area contributed by atoms with Gasteiger partial charge in [-0.25, -0.2) is 0 Å². The monoisotopic (exact) mass is 253 g/mol. The molecule has 0 fully saturated rings. The zero-order valence-corrected chi connectivity index (χ0v) is 10.3. The Hall–Kier alpha value is -2.18. The summed E-state index contributed by atoms with van der Waals surface area (Å²) in [6, 6.07) is 2.67. The second kappa shape index (κ2) is 5.44. The average molecular weight is 253 g/mol. The van der Waals surface area contributed by atoms with E-state index in [0.29, 0.717) is 18.4 Å². The minimum Gasteiger partial charge on any atom is -0.387 e. The van der Waals surface area contributed by atoms with Crippen LogP contribution in [0.1, 0.15) is 38.2 Å². The first-order chi connectivity index (χ1) is 8.43. The number of nitro groups is 2.